The van der Waals surface area contributed by atoms with E-state index >= 15 is 0 Å². The highest BCUT2D eigenvalue weighted by molar-refractivity contribution is 5.73. The normalized spacial score (nSPS) is 10.8. The summed E-state index contributed by atoms with van der Waals surface area (Å²) in [6, 6.07) is 5.14. The van der Waals surface area contributed by atoms with Crippen LogP contribution in [0.4, 0.5) is 4.39 Å². The van der Waals surface area contributed by atoms with Gasteiger partial charge in [-0.1, -0.05) is 6.07 Å². The van der Waals surface area contributed by atoms with Gasteiger partial charge < -0.3 is 4.42 Å². The molecule has 0 atom stereocenters. The Balaban J connectivity index is 2.66. The van der Waals surface area contributed by atoms with Crippen LogP contribution in [-0.2, 0) is 6.67 Å². The molecule has 3 heteroatoms. The summed E-state index contributed by atoms with van der Waals surface area (Å²) in [7, 11) is 0. The third kappa shape index (κ3) is 1.07. The van der Waals surface area contributed by atoms with E-state index in [1.165, 1.54) is 0 Å². The van der Waals surface area contributed by atoms with E-state index in [2.05, 4.69) is 4.98 Å². The molecule has 2 rings (SSSR count). The van der Waals surface area contributed by atoms with Crippen LogP contribution in [0.2, 0.25) is 0 Å². The maximum Gasteiger partial charge on any atom is 0.192 e. The summed E-state index contributed by atoms with van der Waals surface area (Å²) in [5.41, 5.74) is 2.07. The quantitative estimate of drug-likeness (QED) is 0.649. The van der Waals surface area contributed by atoms with Crippen LogP contribution >= 0.6 is 0 Å². The second-order valence-electron chi connectivity index (χ2n) is 2.67. The van der Waals surface area contributed by atoms with Crippen molar-refractivity contribution in [1.29, 1.82) is 0 Å². The minimum Gasteiger partial charge on any atom is -0.441 e. The van der Waals surface area contributed by atoms with Crippen LogP contribution < -0.4 is 0 Å². The maximum atomic E-state index is 12.2. The number of nitrogens with zero attached hydrogens (tertiary/aromatic N) is 1. The average molecular weight is 165 g/mol. The lowest BCUT2D eigenvalue weighted by atomic mass is 10.2. The first-order valence-corrected chi connectivity index (χ1v) is 3.71. The fourth-order valence-corrected chi connectivity index (χ4v) is 1.17. The maximum absolute atomic E-state index is 12.2. The van der Waals surface area contributed by atoms with Crippen molar-refractivity contribution in [2.24, 2.45) is 0 Å². The molecule has 0 aliphatic heterocycles. The predicted octanol–water partition coefficient (Wildman–Crippen LogP) is 2.61. The molecule has 2 nitrogen and oxygen atoms in total. The zero-order valence-electron chi connectivity index (χ0n) is 6.67. The topological polar surface area (TPSA) is 26.0 Å². The van der Waals surface area contributed by atoms with Gasteiger partial charge in [0.05, 0.1) is 0 Å². The number of aryl methyl sites for hydroxylation is 1. The molecule has 0 saturated carbocycles. The van der Waals surface area contributed by atoms with Gasteiger partial charge in [0.25, 0.3) is 0 Å². The van der Waals surface area contributed by atoms with Crippen molar-refractivity contribution in [1.82, 2.24) is 4.98 Å². The summed E-state index contributed by atoms with van der Waals surface area (Å²) < 4.78 is 17.4. The predicted molar refractivity (Wildman–Crippen MR) is 43.6 cm³/mol. The van der Waals surface area contributed by atoms with Crippen molar-refractivity contribution >= 4 is 11.1 Å². The van der Waals surface area contributed by atoms with Gasteiger partial charge in [0, 0.05) is 6.92 Å². The summed E-state index contributed by atoms with van der Waals surface area (Å²) in [4.78, 5) is 4.09. The highest BCUT2D eigenvalue weighted by atomic mass is 19.1. The largest absolute Gasteiger partial charge is 0.441 e. The fraction of sp³-hybridized carbons (Fsp3) is 0.222. The van der Waals surface area contributed by atoms with Gasteiger partial charge in [0.1, 0.15) is 12.2 Å². The van der Waals surface area contributed by atoms with E-state index in [1.54, 1.807) is 25.1 Å². The van der Waals surface area contributed by atoms with Crippen molar-refractivity contribution in [2.75, 3.05) is 0 Å². The van der Waals surface area contributed by atoms with E-state index in [-0.39, 0.29) is 0 Å². The summed E-state index contributed by atoms with van der Waals surface area (Å²) in [6.07, 6.45) is 0. The number of hydrogen-bond donors (Lipinski definition) is 0. The molecular formula is C9H8FNO. The van der Waals surface area contributed by atoms with Crippen molar-refractivity contribution in [3.8, 4) is 0 Å². The van der Waals surface area contributed by atoms with Crippen LogP contribution in [0.5, 0.6) is 0 Å². The van der Waals surface area contributed by atoms with E-state index in [0.29, 0.717) is 17.0 Å². The highest BCUT2D eigenvalue weighted by Crippen LogP contribution is 2.16. The van der Waals surface area contributed by atoms with Crippen LogP contribution in [0.1, 0.15) is 11.5 Å². The van der Waals surface area contributed by atoms with Crippen LogP contribution in [0.15, 0.2) is 22.6 Å². The van der Waals surface area contributed by atoms with Gasteiger partial charge in [0.2, 0.25) is 0 Å². The second kappa shape index (κ2) is 2.59. The Morgan fingerprint density at radius 3 is 3.08 bits per heavy atom. The Labute approximate surface area is 69.0 Å². The molecule has 1 aromatic carbocycles. The van der Waals surface area contributed by atoms with E-state index in [0.717, 1.165) is 5.52 Å². The molecule has 62 valence electrons. The van der Waals surface area contributed by atoms with E-state index in [4.69, 9.17) is 4.42 Å². The lowest BCUT2D eigenvalue weighted by Crippen LogP contribution is -1.77. The van der Waals surface area contributed by atoms with E-state index < -0.39 is 6.67 Å². The van der Waals surface area contributed by atoms with Crippen molar-refractivity contribution < 1.29 is 8.81 Å². The smallest absolute Gasteiger partial charge is 0.192 e. The first kappa shape index (κ1) is 7.28. The molecule has 0 unspecified atom stereocenters. The van der Waals surface area contributed by atoms with Gasteiger partial charge >= 0.3 is 0 Å². The number of benzene rings is 1. The first-order valence-electron chi connectivity index (χ1n) is 3.71. The zero-order chi connectivity index (χ0) is 8.55. The van der Waals surface area contributed by atoms with Crippen molar-refractivity contribution in [2.45, 2.75) is 13.6 Å². The second-order valence-corrected chi connectivity index (χ2v) is 2.67. The molecule has 0 bridgehead atoms. The molecule has 0 aliphatic rings. The third-order valence-electron chi connectivity index (χ3n) is 1.71. The summed E-state index contributed by atoms with van der Waals surface area (Å²) in [6.45, 7) is 1.32. The van der Waals surface area contributed by atoms with Crippen LogP contribution in [0.3, 0.4) is 0 Å². The summed E-state index contributed by atoms with van der Waals surface area (Å²) >= 11 is 0. The van der Waals surface area contributed by atoms with Crippen LogP contribution in [0.25, 0.3) is 11.1 Å². The average Bonchev–Trinajstić information content (AvgIpc) is 2.43. The van der Waals surface area contributed by atoms with E-state index in [9.17, 15) is 4.39 Å². The Morgan fingerprint density at radius 1 is 1.50 bits per heavy atom. The highest BCUT2D eigenvalue weighted by Gasteiger charge is 2.01. The van der Waals surface area contributed by atoms with Crippen molar-refractivity contribution in [3.05, 3.63) is 29.7 Å². The van der Waals surface area contributed by atoms with Gasteiger partial charge in [0.15, 0.2) is 11.5 Å². The van der Waals surface area contributed by atoms with Gasteiger partial charge in [-0.15, -0.1) is 0 Å². The molecule has 0 aliphatic carbocycles. The molecule has 1 aromatic heterocycles. The van der Waals surface area contributed by atoms with Gasteiger partial charge in [-0.05, 0) is 17.7 Å². The molecule has 0 fully saturated rings. The summed E-state index contributed by atoms with van der Waals surface area (Å²) in [5, 5.41) is 0. The van der Waals surface area contributed by atoms with Gasteiger partial charge in [-0.25, -0.2) is 9.37 Å². The molecule has 0 amide bonds. The number of hydrogen-bond acceptors (Lipinski definition) is 2. The number of alkyl halides is 1. The standard InChI is InChI=1S/C9H8FNO/c1-6-11-8-4-7(5-10)2-3-9(8)12-6/h2-4H,5H2,1H3. The van der Waals surface area contributed by atoms with Crippen LogP contribution in [-0.4, -0.2) is 4.98 Å². The number of rotatable bonds is 1. The molecule has 0 N–H and O–H groups in total. The Kier molecular flexibility index (Phi) is 1.57. The molecule has 2 aromatic rings. The van der Waals surface area contributed by atoms with Crippen molar-refractivity contribution in [3.63, 3.8) is 0 Å². The van der Waals surface area contributed by atoms with Gasteiger partial charge in [-0.2, -0.15) is 0 Å². The van der Waals surface area contributed by atoms with Gasteiger partial charge in [-0.3, -0.25) is 0 Å². The molecule has 12 heavy (non-hydrogen) atoms. The third-order valence-corrected chi connectivity index (χ3v) is 1.71. The van der Waals surface area contributed by atoms with E-state index in [1.807, 2.05) is 0 Å². The minimum absolute atomic E-state index is 0.457. The SMILES string of the molecule is Cc1nc2cc(CF)ccc2o1. The number of aromatic nitrogens is 1. The Morgan fingerprint density at radius 2 is 2.33 bits per heavy atom. The lowest BCUT2D eigenvalue weighted by molar-refractivity contribution is 0.485. The first-order chi connectivity index (χ1) is 5.79. The lowest BCUT2D eigenvalue weighted by Gasteiger charge is -1.90. The molecule has 0 saturated heterocycles. The zero-order valence-corrected chi connectivity index (χ0v) is 6.67. The Hall–Kier alpha value is -1.38. The monoisotopic (exact) mass is 165 g/mol. The molecular weight excluding hydrogens is 157 g/mol. The number of halogens is 1. The number of fused-ring (bicyclic) bond motifs is 1. The summed E-state index contributed by atoms with van der Waals surface area (Å²) in [5.74, 6) is 0.612. The minimum atomic E-state index is -0.457. The molecule has 0 spiro atoms. The number of oxazole rings is 1. The molecule has 1 heterocycles. The molecule has 0 radical (unpaired) electrons. The van der Waals surface area contributed by atoms with Crippen LogP contribution in [0, 0.1) is 6.92 Å². The Bertz CT molecular complexity index is 408. The fourth-order valence-electron chi connectivity index (χ4n) is 1.17.